The van der Waals surface area contributed by atoms with Crippen molar-refractivity contribution in [2.75, 3.05) is 19.6 Å². The van der Waals surface area contributed by atoms with Gasteiger partial charge in [0.1, 0.15) is 17.6 Å². The summed E-state index contributed by atoms with van der Waals surface area (Å²) in [6.45, 7) is 9.48. The van der Waals surface area contributed by atoms with Crippen molar-refractivity contribution in [1.82, 2.24) is 4.90 Å². The third kappa shape index (κ3) is 7.63. The molecule has 1 unspecified atom stereocenters. The Kier molecular flexibility index (Phi) is 9.81. The molecule has 2 aromatic rings. The van der Waals surface area contributed by atoms with Crippen molar-refractivity contribution in [1.29, 1.82) is 0 Å². The Bertz CT molecular complexity index is 1040. The van der Waals surface area contributed by atoms with E-state index in [9.17, 15) is 0 Å². The van der Waals surface area contributed by atoms with Crippen LogP contribution >= 0.6 is 11.6 Å². The maximum atomic E-state index is 6.17. The van der Waals surface area contributed by atoms with Crippen molar-refractivity contribution in [3.8, 4) is 17.6 Å². The minimum absolute atomic E-state index is 0.276. The van der Waals surface area contributed by atoms with Crippen molar-refractivity contribution >= 4 is 23.4 Å². The third-order valence-corrected chi connectivity index (χ3v) is 5.82. The highest BCUT2D eigenvalue weighted by Crippen LogP contribution is 2.21. The summed E-state index contributed by atoms with van der Waals surface area (Å²) in [4.78, 5) is 7.01. The topological polar surface area (TPSA) is 24.8 Å². The van der Waals surface area contributed by atoms with Crippen molar-refractivity contribution in [3.63, 3.8) is 0 Å². The maximum Gasteiger partial charge on any atom is 0.119 e. The van der Waals surface area contributed by atoms with E-state index in [2.05, 4.69) is 34.7 Å². The predicted octanol–water partition coefficient (Wildman–Crippen LogP) is 7.02. The second-order valence-electron chi connectivity index (χ2n) is 7.80. The van der Waals surface area contributed by atoms with Gasteiger partial charge in [0.2, 0.25) is 0 Å². The highest BCUT2D eigenvalue weighted by atomic mass is 35.5. The number of rotatable bonds is 4. The number of piperidine rings is 1. The summed E-state index contributed by atoms with van der Waals surface area (Å²) in [5.41, 5.74) is 3.92. The molecule has 2 heterocycles. The minimum Gasteiger partial charge on any atom is -0.489 e. The number of nitrogens with zero attached hydrogens (tertiary/aromatic N) is 2. The number of benzene rings is 2. The first-order valence-electron chi connectivity index (χ1n) is 11.9. The van der Waals surface area contributed by atoms with Crippen LogP contribution in [0.3, 0.4) is 0 Å². The minimum atomic E-state index is 0.276. The van der Waals surface area contributed by atoms with E-state index in [-0.39, 0.29) is 6.10 Å². The van der Waals surface area contributed by atoms with Gasteiger partial charge in [-0.15, -0.1) is 0 Å². The number of hydrogen-bond donors (Lipinski definition) is 0. The van der Waals surface area contributed by atoms with Gasteiger partial charge in [0.05, 0.1) is 0 Å². The van der Waals surface area contributed by atoms with Gasteiger partial charge in [-0.25, -0.2) is 4.99 Å². The van der Waals surface area contributed by atoms with Crippen LogP contribution in [0, 0.1) is 11.8 Å². The quantitative estimate of drug-likeness (QED) is 0.458. The number of hydrogen-bond acceptors (Lipinski definition) is 3. The molecule has 2 aliphatic rings. The smallest absolute Gasteiger partial charge is 0.119 e. The molecule has 172 valence electrons. The molecular weight excluding hydrogens is 428 g/mol. The Balaban J connectivity index is 0.00000149. The van der Waals surface area contributed by atoms with Crippen LogP contribution in [0.2, 0.25) is 5.02 Å². The molecule has 1 saturated heterocycles. The molecule has 0 amide bonds. The second kappa shape index (κ2) is 13.0. The highest BCUT2D eigenvalue weighted by molar-refractivity contribution is 6.30. The lowest BCUT2D eigenvalue weighted by Crippen LogP contribution is -2.40. The number of halogens is 1. The van der Waals surface area contributed by atoms with E-state index in [4.69, 9.17) is 16.3 Å². The standard InChI is InChI=1S/C27H27ClN2O.C2H6/c1-2-30-18-4-7-27(20-30)31-26-16-9-21(10-17-26)8-15-25-6-3-5-23(19-29-25)22-11-13-24(28)14-12-22;1-2/h5-6,9-14,16-17,19,27H,2-4,7,18,20H2,1H3;1-2H3. The average Bonchev–Trinajstić information content (AvgIpc) is 3.11. The lowest BCUT2D eigenvalue weighted by atomic mass is 10.1. The first kappa shape index (κ1) is 24.8. The summed E-state index contributed by atoms with van der Waals surface area (Å²) < 4.78 is 6.17. The maximum absolute atomic E-state index is 6.17. The lowest BCUT2D eigenvalue weighted by Gasteiger charge is -2.31. The number of allylic oxidation sites excluding steroid dienone is 4. The monoisotopic (exact) mass is 460 g/mol. The Morgan fingerprint density at radius 3 is 2.52 bits per heavy atom. The number of ether oxygens (including phenoxy) is 1. The fourth-order valence-corrected chi connectivity index (χ4v) is 3.93. The summed E-state index contributed by atoms with van der Waals surface area (Å²) >= 11 is 5.98. The van der Waals surface area contributed by atoms with Crippen LogP contribution in [-0.2, 0) is 0 Å². The largest absolute Gasteiger partial charge is 0.489 e. The van der Waals surface area contributed by atoms with E-state index in [0.29, 0.717) is 0 Å². The zero-order valence-electron chi connectivity index (χ0n) is 19.9. The molecule has 2 aromatic carbocycles. The van der Waals surface area contributed by atoms with Crippen molar-refractivity contribution in [3.05, 3.63) is 82.5 Å². The fourth-order valence-electron chi connectivity index (χ4n) is 3.80. The van der Waals surface area contributed by atoms with Crippen molar-refractivity contribution in [2.45, 2.75) is 46.1 Å². The van der Waals surface area contributed by atoms with E-state index in [1.165, 1.54) is 13.0 Å². The SMILES string of the molecule is CC.CCN1CCCC(Oc2ccc(C#CC3=CCC=C(c4ccc(Cl)cc4)C=N3)cc2)C1. The molecule has 0 bridgehead atoms. The summed E-state index contributed by atoms with van der Waals surface area (Å²) in [6, 6.07) is 15.9. The third-order valence-electron chi connectivity index (χ3n) is 5.57. The molecular formula is C29H33ClN2O. The van der Waals surface area contributed by atoms with Crippen LogP contribution in [0.25, 0.3) is 5.57 Å². The van der Waals surface area contributed by atoms with Crippen molar-refractivity contribution in [2.24, 2.45) is 4.99 Å². The van der Waals surface area contributed by atoms with E-state index >= 15 is 0 Å². The molecule has 2 aliphatic heterocycles. The number of aliphatic imine (C=N–C) groups is 1. The van der Waals surface area contributed by atoms with Gasteiger partial charge in [0, 0.05) is 23.3 Å². The van der Waals surface area contributed by atoms with Gasteiger partial charge in [-0.1, -0.05) is 56.5 Å². The molecule has 0 aliphatic carbocycles. The molecule has 0 radical (unpaired) electrons. The molecule has 33 heavy (non-hydrogen) atoms. The summed E-state index contributed by atoms with van der Waals surface area (Å²) in [5, 5.41) is 0.734. The van der Waals surface area contributed by atoms with Gasteiger partial charge in [-0.2, -0.15) is 0 Å². The van der Waals surface area contributed by atoms with E-state index in [0.717, 1.165) is 59.1 Å². The van der Waals surface area contributed by atoms with Crippen LogP contribution in [0.15, 0.2) is 71.4 Å². The van der Waals surface area contributed by atoms with Crippen LogP contribution < -0.4 is 4.74 Å². The molecule has 0 aromatic heterocycles. The average molecular weight is 461 g/mol. The molecule has 1 fully saturated rings. The van der Waals surface area contributed by atoms with Gasteiger partial charge in [-0.05, 0) is 91.9 Å². The van der Waals surface area contributed by atoms with Gasteiger partial charge in [0.15, 0.2) is 0 Å². The van der Waals surface area contributed by atoms with Crippen LogP contribution in [0.1, 0.15) is 51.2 Å². The van der Waals surface area contributed by atoms with Crippen LogP contribution in [0.4, 0.5) is 0 Å². The molecule has 4 rings (SSSR count). The normalized spacial score (nSPS) is 18.0. The zero-order chi connectivity index (χ0) is 23.5. The molecule has 1 atom stereocenters. The molecule has 4 heteroatoms. The van der Waals surface area contributed by atoms with E-state index in [1.54, 1.807) is 0 Å². The molecule has 3 nitrogen and oxygen atoms in total. The number of likely N-dealkylation sites (tertiary alicyclic amines) is 1. The van der Waals surface area contributed by atoms with E-state index < -0.39 is 0 Å². The molecule has 0 spiro atoms. The highest BCUT2D eigenvalue weighted by Gasteiger charge is 2.19. The van der Waals surface area contributed by atoms with Crippen LogP contribution in [0.5, 0.6) is 5.75 Å². The first-order chi connectivity index (χ1) is 16.2. The van der Waals surface area contributed by atoms with Crippen molar-refractivity contribution < 1.29 is 4.74 Å². The summed E-state index contributed by atoms with van der Waals surface area (Å²) in [6.07, 6.45) is 9.47. The van der Waals surface area contributed by atoms with Gasteiger partial charge >= 0.3 is 0 Å². The van der Waals surface area contributed by atoms with E-state index in [1.807, 2.05) is 74.7 Å². The molecule has 0 N–H and O–H groups in total. The Labute approximate surface area is 203 Å². The van der Waals surface area contributed by atoms with Gasteiger partial charge in [-0.3, -0.25) is 4.90 Å². The summed E-state index contributed by atoms with van der Waals surface area (Å²) in [5.74, 6) is 7.31. The Morgan fingerprint density at radius 2 is 1.79 bits per heavy atom. The second-order valence-corrected chi connectivity index (χ2v) is 8.24. The lowest BCUT2D eigenvalue weighted by molar-refractivity contribution is 0.0920. The summed E-state index contributed by atoms with van der Waals surface area (Å²) in [7, 11) is 0. The molecule has 0 saturated carbocycles. The van der Waals surface area contributed by atoms with Gasteiger partial charge in [0.25, 0.3) is 0 Å². The van der Waals surface area contributed by atoms with Crippen LogP contribution in [-0.4, -0.2) is 36.9 Å². The number of likely N-dealkylation sites (N-methyl/N-ethyl adjacent to an activating group) is 1. The predicted molar refractivity (Wildman–Crippen MR) is 141 cm³/mol. The fraction of sp³-hybridized carbons (Fsp3) is 0.345. The zero-order valence-corrected chi connectivity index (χ0v) is 20.6. The Hall–Kier alpha value is -2.80. The Morgan fingerprint density at radius 1 is 1.03 bits per heavy atom. The van der Waals surface area contributed by atoms with Gasteiger partial charge < -0.3 is 4.74 Å². The first-order valence-corrected chi connectivity index (χ1v) is 12.3.